The van der Waals surface area contributed by atoms with E-state index in [2.05, 4.69) is 93.9 Å². The summed E-state index contributed by atoms with van der Waals surface area (Å²) in [6.45, 7) is 11.1. The molecule has 1 aromatic heterocycles. The van der Waals surface area contributed by atoms with Crippen molar-refractivity contribution in [2.45, 2.75) is 46.5 Å². The Morgan fingerprint density at radius 1 is 0.812 bits per heavy atom. The number of hydrogen-bond acceptors (Lipinski definition) is 2. The van der Waals surface area contributed by atoms with E-state index in [1.165, 1.54) is 22.4 Å². The molecule has 4 aromatic rings. The number of imidazole rings is 1. The van der Waals surface area contributed by atoms with Gasteiger partial charge < -0.3 is 4.74 Å². The number of aromatic nitrogens is 2. The highest BCUT2D eigenvalue weighted by molar-refractivity contribution is 5.72. The minimum atomic E-state index is 0.388. The quantitative estimate of drug-likeness (QED) is 0.316. The molecule has 0 atom stereocenters. The highest BCUT2D eigenvalue weighted by atomic mass is 16.5. The average Bonchev–Trinajstić information content (AvgIpc) is 3.23. The van der Waals surface area contributed by atoms with Gasteiger partial charge in [0.15, 0.2) is 0 Å². The number of nitrogens with zero attached hydrogens (tertiary/aromatic N) is 2. The fraction of sp³-hybridized carbons (Fsp3) is 0.276. The van der Waals surface area contributed by atoms with Crippen LogP contribution in [-0.2, 0) is 0 Å². The molecule has 0 spiro atoms. The second-order valence-corrected chi connectivity index (χ2v) is 8.98. The highest BCUT2D eigenvalue weighted by Crippen LogP contribution is 2.38. The Morgan fingerprint density at radius 3 is 2.09 bits per heavy atom. The zero-order valence-corrected chi connectivity index (χ0v) is 19.9. The summed E-state index contributed by atoms with van der Waals surface area (Å²) in [7, 11) is 1.72. The van der Waals surface area contributed by atoms with Crippen molar-refractivity contribution in [3.8, 4) is 34.1 Å². The molecule has 3 aromatic carbocycles. The Bertz CT molecular complexity index is 1210. The minimum Gasteiger partial charge on any atom is -0.496 e. The second-order valence-electron chi connectivity index (χ2n) is 8.98. The first-order valence-corrected chi connectivity index (χ1v) is 11.3. The number of methoxy groups -OCH3 is 1. The predicted octanol–water partition coefficient (Wildman–Crippen LogP) is 7.77. The van der Waals surface area contributed by atoms with E-state index < -0.39 is 0 Å². The lowest BCUT2D eigenvalue weighted by Crippen LogP contribution is -2.08. The van der Waals surface area contributed by atoms with Gasteiger partial charge in [-0.1, -0.05) is 81.8 Å². The molecule has 3 heteroatoms. The van der Waals surface area contributed by atoms with Gasteiger partial charge in [-0.05, 0) is 48.1 Å². The van der Waals surface area contributed by atoms with Crippen LogP contribution >= 0.6 is 0 Å². The monoisotopic (exact) mass is 424 g/mol. The molecule has 4 rings (SSSR count). The molecule has 0 saturated heterocycles. The topological polar surface area (TPSA) is 27.1 Å². The molecular weight excluding hydrogens is 392 g/mol. The van der Waals surface area contributed by atoms with Gasteiger partial charge in [0.2, 0.25) is 0 Å². The third-order valence-electron chi connectivity index (χ3n) is 5.95. The first-order chi connectivity index (χ1) is 15.4. The molecule has 1 heterocycles. The summed E-state index contributed by atoms with van der Waals surface area (Å²) in [6.07, 6.45) is 2.18. The lowest BCUT2D eigenvalue weighted by Gasteiger charge is -2.22. The number of aryl methyl sites for hydroxylation is 1. The summed E-state index contributed by atoms with van der Waals surface area (Å²) in [5, 5.41) is 0. The maximum absolute atomic E-state index is 5.73. The fourth-order valence-corrected chi connectivity index (χ4v) is 4.30. The lowest BCUT2D eigenvalue weighted by atomic mass is 9.92. The average molecular weight is 425 g/mol. The number of ether oxygens (including phenoxy) is 1. The van der Waals surface area contributed by atoms with Crippen molar-refractivity contribution < 1.29 is 4.74 Å². The maximum Gasteiger partial charge on any atom is 0.149 e. The van der Waals surface area contributed by atoms with Gasteiger partial charge in [-0.2, -0.15) is 0 Å². The van der Waals surface area contributed by atoms with Crippen molar-refractivity contribution in [2.24, 2.45) is 0 Å². The van der Waals surface area contributed by atoms with Crippen LogP contribution in [0, 0.1) is 6.92 Å². The molecule has 0 radical (unpaired) electrons. The lowest BCUT2D eigenvalue weighted by molar-refractivity contribution is 0.416. The van der Waals surface area contributed by atoms with Crippen LogP contribution in [0.3, 0.4) is 0 Å². The van der Waals surface area contributed by atoms with E-state index >= 15 is 0 Å². The third-order valence-corrected chi connectivity index (χ3v) is 5.95. The van der Waals surface area contributed by atoms with Gasteiger partial charge >= 0.3 is 0 Å². The summed E-state index contributed by atoms with van der Waals surface area (Å²) in [6, 6.07) is 23.3. The van der Waals surface area contributed by atoms with E-state index in [9.17, 15) is 0 Å². The van der Waals surface area contributed by atoms with Crippen molar-refractivity contribution in [1.29, 1.82) is 0 Å². The Kier molecular flexibility index (Phi) is 6.18. The molecule has 0 amide bonds. The van der Waals surface area contributed by atoms with Crippen LogP contribution in [0.25, 0.3) is 28.3 Å². The number of rotatable bonds is 6. The van der Waals surface area contributed by atoms with Crippen molar-refractivity contribution in [2.75, 3.05) is 7.11 Å². The summed E-state index contributed by atoms with van der Waals surface area (Å²) in [4.78, 5) is 5.16. The second kappa shape index (κ2) is 9.04. The molecule has 32 heavy (non-hydrogen) atoms. The van der Waals surface area contributed by atoms with Crippen LogP contribution in [0.2, 0.25) is 0 Å². The molecular formula is C29H32N2O. The standard InChI is InChI=1S/C29H32N2O/c1-19(2)23-14-10-15-24(20(3)4)28(23)31-18-26(22-12-9-11-21(5)17-22)30-29(31)25-13-7-8-16-27(25)32-6/h7-20H,1-6H3. The van der Waals surface area contributed by atoms with E-state index in [1.54, 1.807) is 7.11 Å². The largest absolute Gasteiger partial charge is 0.496 e. The first kappa shape index (κ1) is 21.9. The summed E-state index contributed by atoms with van der Waals surface area (Å²) in [5.41, 5.74) is 8.16. The van der Waals surface area contributed by atoms with Crippen LogP contribution in [0.5, 0.6) is 5.75 Å². The molecule has 3 nitrogen and oxygen atoms in total. The van der Waals surface area contributed by atoms with Crippen LogP contribution in [0.1, 0.15) is 56.2 Å². The van der Waals surface area contributed by atoms with Crippen LogP contribution < -0.4 is 4.74 Å². The van der Waals surface area contributed by atoms with Gasteiger partial charge in [-0.15, -0.1) is 0 Å². The Labute approximate surface area is 191 Å². The van der Waals surface area contributed by atoms with E-state index in [1.807, 2.05) is 18.2 Å². The van der Waals surface area contributed by atoms with E-state index in [4.69, 9.17) is 9.72 Å². The van der Waals surface area contributed by atoms with Gasteiger partial charge in [0.05, 0.1) is 24.1 Å². The van der Waals surface area contributed by atoms with Crippen molar-refractivity contribution in [1.82, 2.24) is 9.55 Å². The minimum absolute atomic E-state index is 0.388. The summed E-state index contributed by atoms with van der Waals surface area (Å²) in [5.74, 6) is 2.50. The fourth-order valence-electron chi connectivity index (χ4n) is 4.30. The molecule has 0 saturated carbocycles. The zero-order chi connectivity index (χ0) is 22.8. The molecule has 0 bridgehead atoms. The molecule has 164 valence electrons. The van der Waals surface area contributed by atoms with Crippen molar-refractivity contribution >= 4 is 0 Å². The van der Waals surface area contributed by atoms with Crippen molar-refractivity contribution in [3.05, 3.63) is 89.6 Å². The smallest absolute Gasteiger partial charge is 0.149 e. The SMILES string of the molecule is COc1ccccc1-c1nc(-c2cccc(C)c2)cn1-c1c(C(C)C)cccc1C(C)C. The van der Waals surface area contributed by atoms with E-state index in [0.29, 0.717) is 11.8 Å². The Morgan fingerprint density at radius 2 is 1.47 bits per heavy atom. The van der Waals surface area contributed by atoms with E-state index in [0.717, 1.165) is 28.4 Å². The molecule has 0 aliphatic rings. The van der Waals surface area contributed by atoms with Crippen LogP contribution in [-0.4, -0.2) is 16.7 Å². The molecule has 0 unspecified atom stereocenters. The Balaban J connectivity index is 2.07. The molecule has 0 aliphatic carbocycles. The first-order valence-electron chi connectivity index (χ1n) is 11.3. The summed E-state index contributed by atoms with van der Waals surface area (Å²) >= 11 is 0. The van der Waals surface area contributed by atoms with Crippen LogP contribution in [0.4, 0.5) is 0 Å². The van der Waals surface area contributed by atoms with E-state index in [-0.39, 0.29) is 0 Å². The maximum atomic E-state index is 5.73. The normalized spacial score (nSPS) is 11.4. The predicted molar refractivity (Wildman–Crippen MR) is 134 cm³/mol. The Hall–Kier alpha value is -3.33. The zero-order valence-electron chi connectivity index (χ0n) is 19.9. The summed E-state index contributed by atoms with van der Waals surface area (Å²) < 4.78 is 8.00. The molecule has 0 N–H and O–H groups in total. The van der Waals surface area contributed by atoms with Gasteiger partial charge in [0.1, 0.15) is 11.6 Å². The number of benzene rings is 3. The highest BCUT2D eigenvalue weighted by Gasteiger charge is 2.22. The van der Waals surface area contributed by atoms with Gasteiger partial charge in [-0.3, -0.25) is 4.57 Å². The molecule has 0 aliphatic heterocycles. The van der Waals surface area contributed by atoms with Gasteiger partial charge in [-0.25, -0.2) is 4.98 Å². The molecule has 0 fully saturated rings. The van der Waals surface area contributed by atoms with Gasteiger partial charge in [0, 0.05) is 11.8 Å². The number of para-hydroxylation sites is 2. The third kappa shape index (κ3) is 4.08. The van der Waals surface area contributed by atoms with Crippen LogP contribution in [0.15, 0.2) is 72.9 Å². The van der Waals surface area contributed by atoms with Gasteiger partial charge in [0.25, 0.3) is 0 Å². The number of hydrogen-bond donors (Lipinski definition) is 0. The van der Waals surface area contributed by atoms with Crippen molar-refractivity contribution in [3.63, 3.8) is 0 Å².